The lowest BCUT2D eigenvalue weighted by molar-refractivity contribution is -0.167. The van der Waals surface area contributed by atoms with Crippen LogP contribution >= 0.6 is 0 Å². The van der Waals surface area contributed by atoms with Crippen LogP contribution in [0, 0.1) is 0 Å². The molecule has 0 spiro atoms. The number of unbranched alkanes of at least 4 members (excludes halogenated alkanes) is 44. The second-order valence-electron chi connectivity index (χ2n) is 27.6. The number of ketones is 4. The molecule has 2 atom stereocenters. The number of aliphatic carboxylic acids is 2. The Bertz CT molecular complexity index is 1690. The predicted molar refractivity (Wildman–Crippen MR) is 403 cm³/mol. The van der Waals surface area contributed by atoms with Crippen LogP contribution in [0.3, 0.4) is 0 Å². The minimum absolute atomic E-state index is 0.0455. The lowest BCUT2D eigenvalue weighted by Crippen LogP contribution is -2.57. The van der Waals surface area contributed by atoms with Crippen molar-refractivity contribution in [3.63, 3.8) is 0 Å². The SMILES string of the molecule is CCCCCCCC/C=C\CCCCCCCC(=O)C(O)(C(=O)CCCCCCC/C=C\CCCCCCCC)C(O)CO.CCCCCCCC/C=C\CCCCCCCC(=O)C(O)(C(=O)CCCCCCC/C=C\CCCCCCCC)C(O)CO.O=C(O)CCCC(=O)O. The normalized spacial score (nSPS) is 12.6. The molecule has 0 aliphatic rings. The maximum absolute atomic E-state index is 12.8. The first-order valence-corrected chi connectivity index (χ1v) is 40.2. The van der Waals surface area contributed by atoms with Gasteiger partial charge < -0.3 is 40.9 Å². The molecule has 0 amide bonds. The van der Waals surface area contributed by atoms with Crippen LogP contribution < -0.4 is 0 Å². The number of hydrogen-bond donors (Lipinski definition) is 8. The highest BCUT2D eigenvalue weighted by Crippen LogP contribution is 2.25. The van der Waals surface area contributed by atoms with E-state index >= 15 is 0 Å². The van der Waals surface area contributed by atoms with Gasteiger partial charge in [0.1, 0.15) is 12.2 Å². The molecule has 0 aromatic rings. The van der Waals surface area contributed by atoms with Crippen LogP contribution in [0.15, 0.2) is 48.6 Å². The van der Waals surface area contributed by atoms with E-state index in [1.165, 1.54) is 180 Å². The Labute approximate surface area is 593 Å². The number of carbonyl (C=O) groups is 6. The summed E-state index contributed by atoms with van der Waals surface area (Å²) < 4.78 is 0. The molecule has 14 nitrogen and oxygen atoms in total. The van der Waals surface area contributed by atoms with E-state index in [1.807, 2.05) is 0 Å². The number of hydrogen-bond acceptors (Lipinski definition) is 12. The fraction of sp³-hybridized carbons (Fsp3) is 0.831. The van der Waals surface area contributed by atoms with Crippen molar-refractivity contribution in [1.29, 1.82) is 0 Å². The molecule has 0 heterocycles. The van der Waals surface area contributed by atoms with E-state index in [0.717, 1.165) is 128 Å². The molecule has 97 heavy (non-hydrogen) atoms. The monoisotopic (exact) mass is 1370 g/mol. The summed E-state index contributed by atoms with van der Waals surface area (Å²) >= 11 is 0. The van der Waals surface area contributed by atoms with Gasteiger partial charge >= 0.3 is 11.9 Å². The molecule has 0 radical (unpaired) electrons. The van der Waals surface area contributed by atoms with Crippen LogP contribution in [-0.4, -0.2) is 113 Å². The van der Waals surface area contributed by atoms with Gasteiger partial charge in [0.15, 0.2) is 23.1 Å². The maximum atomic E-state index is 12.8. The summed E-state index contributed by atoms with van der Waals surface area (Å²) in [5.41, 5.74) is -4.98. The molecule has 0 aliphatic heterocycles. The highest BCUT2D eigenvalue weighted by Gasteiger charge is 2.49. The average molecular weight is 1370 g/mol. The van der Waals surface area contributed by atoms with E-state index in [9.17, 15) is 59.4 Å². The molecule has 0 rings (SSSR count). The Balaban J connectivity index is -0.00000161. The van der Waals surface area contributed by atoms with Gasteiger partial charge in [-0.2, -0.15) is 0 Å². The van der Waals surface area contributed by atoms with E-state index in [0.29, 0.717) is 25.7 Å². The van der Waals surface area contributed by atoms with Crippen molar-refractivity contribution in [2.75, 3.05) is 13.2 Å². The van der Waals surface area contributed by atoms with E-state index in [4.69, 9.17) is 10.2 Å². The summed E-state index contributed by atoms with van der Waals surface area (Å²) in [5.74, 6) is -4.53. The molecule has 8 N–H and O–H groups in total. The highest BCUT2D eigenvalue weighted by molar-refractivity contribution is 6.11. The van der Waals surface area contributed by atoms with Crippen molar-refractivity contribution in [2.24, 2.45) is 0 Å². The van der Waals surface area contributed by atoms with Crippen LogP contribution in [0.25, 0.3) is 0 Å². The Morgan fingerprint density at radius 3 is 0.557 bits per heavy atom. The van der Waals surface area contributed by atoms with Crippen LogP contribution in [0.1, 0.15) is 407 Å². The Morgan fingerprint density at radius 1 is 0.247 bits per heavy atom. The minimum atomic E-state index is -2.49. The number of Topliss-reactive ketones (excluding diaryl/α,β-unsaturated/α-hetero) is 4. The molecule has 568 valence electrons. The number of carboxylic acid groups (broad SMARTS) is 2. The highest BCUT2D eigenvalue weighted by atomic mass is 16.4. The van der Waals surface area contributed by atoms with Crippen molar-refractivity contribution in [2.45, 2.75) is 430 Å². The average Bonchev–Trinajstić information content (AvgIpc) is 0.822. The Kier molecular flexibility index (Phi) is 75.4. The minimum Gasteiger partial charge on any atom is -0.481 e. The zero-order valence-electron chi connectivity index (χ0n) is 62.9. The van der Waals surface area contributed by atoms with Gasteiger partial charge in [0.25, 0.3) is 0 Å². The molecular formula is C83H152O14. The lowest BCUT2D eigenvalue weighted by atomic mass is 9.82. The largest absolute Gasteiger partial charge is 0.481 e. The third-order valence-electron chi connectivity index (χ3n) is 18.5. The quantitative estimate of drug-likeness (QED) is 0.0160. The summed E-state index contributed by atoms with van der Waals surface area (Å²) in [5, 5.41) is 77.2. The van der Waals surface area contributed by atoms with Crippen molar-refractivity contribution in [3.05, 3.63) is 48.6 Å². The van der Waals surface area contributed by atoms with Gasteiger partial charge in [-0.15, -0.1) is 0 Å². The van der Waals surface area contributed by atoms with Gasteiger partial charge in [-0.05, 0) is 135 Å². The summed E-state index contributed by atoms with van der Waals surface area (Å²) in [7, 11) is 0. The van der Waals surface area contributed by atoms with Gasteiger partial charge in [0.2, 0.25) is 11.2 Å². The summed E-state index contributed by atoms with van der Waals surface area (Å²) in [6.07, 6.45) is 74.6. The second-order valence-corrected chi connectivity index (χ2v) is 27.6. The third kappa shape index (κ3) is 61.9. The van der Waals surface area contributed by atoms with Crippen molar-refractivity contribution in [3.8, 4) is 0 Å². The second kappa shape index (κ2) is 75.0. The molecule has 0 bridgehead atoms. The summed E-state index contributed by atoms with van der Waals surface area (Å²) in [6, 6.07) is 0. The van der Waals surface area contributed by atoms with Crippen molar-refractivity contribution < 1.29 is 69.6 Å². The third-order valence-corrected chi connectivity index (χ3v) is 18.5. The van der Waals surface area contributed by atoms with Crippen molar-refractivity contribution in [1.82, 2.24) is 0 Å². The fourth-order valence-electron chi connectivity index (χ4n) is 11.9. The first-order valence-electron chi connectivity index (χ1n) is 40.2. The van der Waals surface area contributed by atoms with Crippen molar-refractivity contribution >= 4 is 35.1 Å². The summed E-state index contributed by atoms with van der Waals surface area (Å²) in [6.45, 7) is 7.36. The topological polar surface area (TPSA) is 264 Å². The van der Waals surface area contributed by atoms with Crippen LogP contribution in [-0.2, 0) is 28.8 Å². The first-order chi connectivity index (χ1) is 47.0. The predicted octanol–water partition coefficient (Wildman–Crippen LogP) is 20.9. The van der Waals surface area contributed by atoms with Gasteiger partial charge in [-0.25, -0.2) is 0 Å². The number of aliphatic hydroxyl groups is 6. The maximum Gasteiger partial charge on any atom is 0.303 e. The Hall–Kier alpha value is -3.66. The van der Waals surface area contributed by atoms with Gasteiger partial charge in [-0.1, -0.05) is 282 Å². The molecular weight excluding hydrogens is 1220 g/mol. The zero-order valence-corrected chi connectivity index (χ0v) is 62.9. The molecule has 14 heteroatoms. The van der Waals surface area contributed by atoms with Crippen LogP contribution in [0.5, 0.6) is 0 Å². The number of allylic oxidation sites excluding steroid dienone is 8. The summed E-state index contributed by atoms with van der Waals surface area (Å²) in [4.78, 5) is 71.0. The first kappa shape index (κ1) is 97.5. The lowest BCUT2D eigenvalue weighted by Gasteiger charge is -2.29. The smallest absolute Gasteiger partial charge is 0.303 e. The Morgan fingerprint density at radius 2 is 0.402 bits per heavy atom. The standard InChI is InChI=1S/2C39H72O5.C5H8O4/c2*1-3-5-7-9-11-13-15-17-19-21-23-25-27-29-31-33-36(41)39(44,38(43)35-40)37(42)34-32-30-28-26-24-22-20-18-16-14-12-10-8-6-4-2;6-4(7)2-1-3-5(8)9/h2*17-20,38,40,43-44H,3-16,21-35H2,1-2H3;1-3H2,(H,6,7)(H,8,9)/b2*19-17-,20-18-;. The molecule has 0 aliphatic carbocycles. The molecule has 0 saturated carbocycles. The molecule has 2 unspecified atom stereocenters. The van der Waals surface area contributed by atoms with Crippen LogP contribution in [0.4, 0.5) is 0 Å². The molecule has 0 aromatic heterocycles. The number of aliphatic hydroxyl groups excluding tert-OH is 4. The van der Waals surface area contributed by atoms with Gasteiger partial charge in [-0.3, -0.25) is 28.8 Å². The molecule has 0 fully saturated rings. The van der Waals surface area contributed by atoms with Crippen LogP contribution in [0.2, 0.25) is 0 Å². The number of carboxylic acids is 2. The molecule has 0 saturated heterocycles. The number of rotatable bonds is 72. The van der Waals surface area contributed by atoms with E-state index < -0.39 is 71.7 Å². The molecule has 0 aromatic carbocycles. The number of carbonyl (C=O) groups excluding carboxylic acids is 4. The van der Waals surface area contributed by atoms with E-state index in [-0.39, 0.29) is 44.9 Å². The van der Waals surface area contributed by atoms with E-state index in [2.05, 4.69) is 76.3 Å². The van der Waals surface area contributed by atoms with Gasteiger partial charge in [0, 0.05) is 38.5 Å². The van der Waals surface area contributed by atoms with E-state index in [1.54, 1.807) is 0 Å². The fourth-order valence-corrected chi connectivity index (χ4v) is 11.9. The zero-order chi connectivity index (χ0) is 72.4. The van der Waals surface area contributed by atoms with Gasteiger partial charge in [0.05, 0.1) is 13.2 Å².